The number of halogens is 6. The highest BCUT2D eigenvalue weighted by atomic mass is 79.9. The van der Waals surface area contributed by atoms with E-state index in [0.717, 1.165) is 6.07 Å². The van der Waals surface area contributed by atoms with E-state index in [9.17, 15) is 22.8 Å². The van der Waals surface area contributed by atoms with Crippen LogP contribution in [0.15, 0.2) is 46.9 Å². The molecule has 0 aliphatic carbocycles. The van der Waals surface area contributed by atoms with E-state index >= 15 is 0 Å². The highest BCUT2D eigenvalue weighted by Crippen LogP contribution is 2.41. The average Bonchev–Trinajstić information content (AvgIpc) is 3.04. The Balaban J connectivity index is 1.80. The van der Waals surface area contributed by atoms with Crippen molar-refractivity contribution in [2.45, 2.75) is 6.04 Å². The molecule has 0 bridgehead atoms. The number of carbonyl (C=O) groups is 2. The van der Waals surface area contributed by atoms with Crippen molar-refractivity contribution in [1.82, 2.24) is 5.32 Å². The van der Waals surface area contributed by atoms with Gasteiger partial charge in [0.1, 0.15) is 5.82 Å². The fraction of sp³-hybridized carbons (Fsp3) is 0.0476. The summed E-state index contributed by atoms with van der Waals surface area (Å²) in [6.07, 6.45) is 0. The standard InChI is InChI=1S/C21H10BrCl2F3N2O2/c22-9-5-12-17(19(29-21(12)31)11-7-10(25)1-2-13(11)23)16(6-9)28-20(30)8-3-14(24)18(27)15(26)4-8/h1-7,19H,(H,28,30)(H,29,31). The lowest BCUT2D eigenvalue weighted by Gasteiger charge is -2.18. The van der Waals surface area contributed by atoms with Gasteiger partial charge in [0.25, 0.3) is 11.8 Å². The first-order chi connectivity index (χ1) is 14.7. The Morgan fingerprint density at radius 1 is 1.03 bits per heavy atom. The highest BCUT2D eigenvalue weighted by molar-refractivity contribution is 9.10. The van der Waals surface area contributed by atoms with Crippen molar-refractivity contribution in [3.63, 3.8) is 0 Å². The predicted octanol–water partition coefficient (Wildman–Crippen LogP) is 6.26. The molecule has 2 N–H and O–H groups in total. The van der Waals surface area contributed by atoms with Gasteiger partial charge in [-0.05, 0) is 42.5 Å². The van der Waals surface area contributed by atoms with Crippen LogP contribution in [0.2, 0.25) is 10.0 Å². The SMILES string of the molecule is O=C(Nc1cc(Br)cc2c1C(c1cc(F)ccc1Cl)NC2=O)c1cc(F)c(F)c(Cl)c1. The van der Waals surface area contributed by atoms with Gasteiger partial charge in [0, 0.05) is 37.4 Å². The van der Waals surface area contributed by atoms with Crippen molar-refractivity contribution in [2.24, 2.45) is 0 Å². The summed E-state index contributed by atoms with van der Waals surface area (Å²) in [6.45, 7) is 0. The molecule has 2 amide bonds. The number of benzene rings is 3. The lowest BCUT2D eigenvalue weighted by molar-refractivity contribution is 0.0959. The number of nitrogens with one attached hydrogen (secondary N) is 2. The Hall–Kier alpha value is -2.55. The quantitative estimate of drug-likeness (QED) is 0.393. The summed E-state index contributed by atoms with van der Waals surface area (Å²) in [5.74, 6) is -4.34. The molecule has 0 aromatic heterocycles. The summed E-state index contributed by atoms with van der Waals surface area (Å²) in [4.78, 5) is 25.3. The van der Waals surface area contributed by atoms with Crippen molar-refractivity contribution in [3.05, 3.63) is 96.7 Å². The van der Waals surface area contributed by atoms with E-state index in [1.165, 1.54) is 24.3 Å². The highest BCUT2D eigenvalue weighted by Gasteiger charge is 2.34. The first kappa shape index (κ1) is 21.7. The molecule has 10 heteroatoms. The Labute approximate surface area is 192 Å². The average molecular weight is 530 g/mol. The van der Waals surface area contributed by atoms with Crippen LogP contribution in [-0.4, -0.2) is 11.8 Å². The minimum atomic E-state index is -1.28. The van der Waals surface area contributed by atoms with Crippen LogP contribution in [0.4, 0.5) is 18.9 Å². The van der Waals surface area contributed by atoms with Gasteiger partial charge in [0.15, 0.2) is 11.6 Å². The van der Waals surface area contributed by atoms with E-state index in [1.807, 2.05) is 0 Å². The summed E-state index contributed by atoms with van der Waals surface area (Å²) >= 11 is 15.1. The molecule has 0 saturated heterocycles. The monoisotopic (exact) mass is 528 g/mol. The van der Waals surface area contributed by atoms with Gasteiger partial charge in [-0.15, -0.1) is 0 Å². The van der Waals surface area contributed by atoms with Crippen LogP contribution in [-0.2, 0) is 0 Å². The number of hydrogen-bond donors (Lipinski definition) is 2. The molecule has 1 atom stereocenters. The van der Waals surface area contributed by atoms with Crippen LogP contribution in [0, 0.1) is 17.5 Å². The van der Waals surface area contributed by atoms with E-state index in [-0.39, 0.29) is 21.8 Å². The molecule has 4 nitrogen and oxygen atoms in total. The van der Waals surface area contributed by atoms with E-state index in [4.69, 9.17) is 23.2 Å². The van der Waals surface area contributed by atoms with E-state index in [2.05, 4.69) is 26.6 Å². The second-order valence-electron chi connectivity index (χ2n) is 6.69. The minimum Gasteiger partial charge on any atom is -0.341 e. The van der Waals surface area contributed by atoms with Crippen molar-refractivity contribution < 1.29 is 22.8 Å². The second kappa shape index (κ2) is 8.18. The Morgan fingerprint density at radius 2 is 1.77 bits per heavy atom. The number of anilines is 1. The maximum atomic E-state index is 13.9. The molecule has 1 heterocycles. The number of hydrogen-bond acceptors (Lipinski definition) is 2. The third-order valence-corrected chi connectivity index (χ3v) is 5.79. The van der Waals surface area contributed by atoms with Crippen LogP contribution in [0.25, 0.3) is 0 Å². The van der Waals surface area contributed by atoms with Gasteiger partial charge < -0.3 is 10.6 Å². The minimum absolute atomic E-state index is 0.193. The van der Waals surface area contributed by atoms with Gasteiger partial charge >= 0.3 is 0 Å². The molecule has 1 unspecified atom stereocenters. The topological polar surface area (TPSA) is 58.2 Å². The number of amides is 2. The zero-order chi connectivity index (χ0) is 22.4. The summed E-state index contributed by atoms with van der Waals surface area (Å²) in [6, 6.07) is 7.64. The van der Waals surface area contributed by atoms with Crippen LogP contribution in [0.5, 0.6) is 0 Å². The number of rotatable bonds is 3. The lowest BCUT2D eigenvalue weighted by Crippen LogP contribution is -2.21. The fourth-order valence-electron chi connectivity index (χ4n) is 3.35. The van der Waals surface area contributed by atoms with Crippen LogP contribution in [0.3, 0.4) is 0 Å². The van der Waals surface area contributed by atoms with Crippen LogP contribution in [0.1, 0.15) is 37.9 Å². The van der Waals surface area contributed by atoms with Crippen molar-refractivity contribution in [3.8, 4) is 0 Å². The molecule has 3 aromatic carbocycles. The van der Waals surface area contributed by atoms with Gasteiger partial charge in [-0.25, -0.2) is 13.2 Å². The molecule has 1 aliphatic rings. The number of carbonyl (C=O) groups excluding carboxylic acids is 2. The molecule has 158 valence electrons. The van der Waals surface area contributed by atoms with Crippen LogP contribution < -0.4 is 10.6 Å². The largest absolute Gasteiger partial charge is 0.341 e. The first-order valence-corrected chi connectivity index (χ1v) is 10.3. The summed E-state index contributed by atoms with van der Waals surface area (Å²) in [5, 5.41) is 4.96. The predicted molar refractivity (Wildman–Crippen MR) is 114 cm³/mol. The fourth-order valence-corrected chi connectivity index (χ4v) is 4.24. The first-order valence-electron chi connectivity index (χ1n) is 8.71. The van der Waals surface area contributed by atoms with Gasteiger partial charge in [-0.1, -0.05) is 39.1 Å². The third kappa shape index (κ3) is 4.03. The van der Waals surface area contributed by atoms with Crippen LogP contribution >= 0.6 is 39.1 Å². The smallest absolute Gasteiger partial charge is 0.255 e. The van der Waals surface area contributed by atoms with Crippen molar-refractivity contribution in [1.29, 1.82) is 0 Å². The number of fused-ring (bicyclic) bond motifs is 1. The normalized spacial score (nSPS) is 14.9. The molecular weight excluding hydrogens is 520 g/mol. The van der Waals surface area contributed by atoms with Gasteiger partial charge in [0.2, 0.25) is 0 Å². The maximum Gasteiger partial charge on any atom is 0.255 e. The molecule has 1 aliphatic heterocycles. The summed E-state index contributed by atoms with van der Waals surface area (Å²) in [5.41, 5.74) is 0.845. The molecule has 0 saturated carbocycles. The summed E-state index contributed by atoms with van der Waals surface area (Å²) in [7, 11) is 0. The Morgan fingerprint density at radius 3 is 2.48 bits per heavy atom. The molecule has 31 heavy (non-hydrogen) atoms. The van der Waals surface area contributed by atoms with Gasteiger partial charge in [0.05, 0.1) is 11.1 Å². The zero-order valence-corrected chi connectivity index (χ0v) is 18.3. The molecule has 4 rings (SSSR count). The molecular formula is C21H10BrCl2F3N2O2. The Bertz CT molecular complexity index is 1250. The molecule has 0 radical (unpaired) electrons. The zero-order valence-electron chi connectivity index (χ0n) is 15.2. The molecule has 0 spiro atoms. The van der Waals surface area contributed by atoms with E-state index in [0.29, 0.717) is 21.7 Å². The summed E-state index contributed by atoms with van der Waals surface area (Å²) < 4.78 is 41.5. The maximum absolute atomic E-state index is 13.9. The van der Waals surface area contributed by atoms with Crippen molar-refractivity contribution >= 4 is 56.6 Å². The molecule has 0 fully saturated rings. The molecule has 3 aromatic rings. The van der Waals surface area contributed by atoms with Gasteiger partial charge in [-0.2, -0.15) is 0 Å². The second-order valence-corrected chi connectivity index (χ2v) is 8.42. The Kier molecular flexibility index (Phi) is 5.72. The lowest BCUT2D eigenvalue weighted by atomic mass is 9.96. The van der Waals surface area contributed by atoms with Crippen molar-refractivity contribution in [2.75, 3.05) is 5.32 Å². The van der Waals surface area contributed by atoms with Gasteiger partial charge in [-0.3, -0.25) is 9.59 Å². The third-order valence-electron chi connectivity index (χ3n) is 4.72. The van der Waals surface area contributed by atoms with E-state index < -0.39 is 40.3 Å². The van der Waals surface area contributed by atoms with E-state index in [1.54, 1.807) is 6.07 Å².